The fraction of sp³-hybridized carbons (Fsp3) is 0.400. The fourth-order valence-electron chi connectivity index (χ4n) is 5.50. The molecule has 3 aromatic heterocycles. The van der Waals surface area contributed by atoms with Gasteiger partial charge in [-0.15, -0.1) is 16.1 Å². The summed E-state index contributed by atoms with van der Waals surface area (Å²) in [5, 5.41) is 9.44. The highest BCUT2D eigenvalue weighted by Gasteiger charge is 2.50. The molecule has 34 heavy (non-hydrogen) atoms. The van der Waals surface area contributed by atoms with E-state index in [9.17, 15) is 9.18 Å². The second-order valence-corrected chi connectivity index (χ2v) is 10.5. The Morgan fingerprint density at radius 1 is 1.15 bits per heavy atom. The lowest BCUT2D eigenvalue weighted by molar-refractivity contribution is -0.0573. The number of nitrogens with zero attached hydrogens (tertiary/aromatic N) is 6. The van der Waals surface area contributed by atoms with Gasteiger partial charge in [-0.25, -0.2) is 14.4 Å². The smallest absolute Gasteiger partial charge is 0.275 e. The largest absolute Gasteiger partial charge is 0.331 e. The Kier molecular flexibility index (Phi) is 5.17. The number of hydrogen-bond acceptors (Lipinski definition) is 6. The van der Waals surface area contributed by atoms with Crippen molar-refractivity contribution in [3.63, 3.8) is 0 Å². The van der Waals surface area contributed by atoms with E-state index in [2.05, 4.69) is 27.0 Å². The lowest BCUT2D eigenvalue weighted by Gasteiger charge is -2.57. The zero-order chi connectivity index (χ0) is 23.4. The monoisotopic (exact) mass is 476 g/mol. The molecule has 1 unspecified atom stereocenters. The van der Waals surface area contributed by atoms with Gasteiger partial charge in [0.15, 0.2) is 5.69 Å². The maximum Gasteiger partial charge on any atom is 0.275 e. The number of aromatic nitrogens is 5. The molecule has 7 rings (SSSR count). The van der Waals surface area contributed by atoms with Crippen molar-refractivity contribution in [2.24, 2.45) is 11.8 Å². The predicted molar refractivity (Wildman–Crippen MR) is 127 cm³/mol. The Bertz CT molecular complexity index is 1360. The second-order valence-electron chi connectivity index (χ2n) is 9.42. The molecule has 3 fully saturated rings. The molecule has 2 aliphatic heterocycles. The van der Waals surface area contributed by atoms with Gasteiger partial charge >= 0.3 is 0 Å². The van der Waals surface area contributed by atoms with E-state index in [4.69, 9.17) is 4.98 Å². The Hall–Kier alpha value is -3.20. The van der Waals surface area contributed by atoms with Crippen LogP contribution in [0, 0.1) is 24.6 Å². The van der Waals surface area contributed by atoms with Crippen molar-refractivity contribution in [1.29, 1.82) is 0 Å². The Balaban J connectivity index is 1.30. The third-order valence-corrected chi connectivity index (χ3v) is 8.46. The summed E-state index contributed by atoms with van der Waals surface area (Å²) in [5.41, 5.74) is 2.61. The topological polar surface area (TPSA) is 76.8 Å². The molecular weight excluding hydrogens is 451 g/mol. The number of piperidine rings is 2. The molecule has 2 atom stereocenters. The van der Waals surface area contributed by atoms with Crippen LogP contribution in [0.3, 0.4) is 0 Å². The molecule has 1 aromatic carbocycles. The number of fused-ring (bicyclic) bond motifs is 3. The Morgan fingerprint density at radius 3 is 2.74 bits per heavy atom. The van der Waals surface area contributed by atoms with Crippen LogP contribution in [-0.2, 0) is 6.42 Å². The molecule has 0 radical (unpaired) electrons. The predicted octanol–water partition coefficient (Wildman–Crippen LogP) is 4.59. The summed E-state index contributed by atoms with van der Waals surface area (Å²) in [6.45, 7) is 4.15. The molecule has 1 aliphatic carbocycles. The van der Waals surface area contributed by atoms with Gasteiger partial charge in [-0.2, -0.15) is 10.2 Å². The van der Waals surface area contributed by atoms with Crippen molar-refractivity contribution in [3.05, 3.63) is 64.9 Å². The van der Waals surface area contributed by atoms with E-state index in [0.29, 0.717) is 23.2 Å². The minimum atomic E-state index is -0.242. The van der Waals surface area contributed by atoms with Crippen molar-refractivity contribution in [2.75, 3.05) is 0 Å². The normalized spacial score (nSPS) is 23.8. The number of carbonyl (C=O) groups excluding carboxylic acids is 1. The number of pyridine rings is 1. The number of aryl methyl sites for hydroxylation is 2. The van der Waals surface area contributed by atoms with Gasteiger partial charge in [-0.1, -0.05) is 6.92 Å². The third kappa shape index (κ3) is 3.58. The van der Waals surface area contributed by atoms with Crippen LogP contribution in [0.2, 0.25) is 0 Å². The number of amides is 1. The standard InChI is InChI=1S/C25H25FN6OS/c1-14-3-6-21(32-27-9-10-28-32)24(29-14)25(33)31-18-11-16(12-18)15(2)20(31)7-8-23-30-19-5-4-17(26)13-22(19)34-23/h3-6,9-10,13,15-16,18,20H,7-8,11-12H2,1-2H3/t15-,16?,18?,20?/m0/s1. The zero-order valence-electron chi connectivity index (χ0n) is 19.1. The number of thiazole rings is 1. The van der Waals surface area contributed by atoms with Gasteiger partial charge in [0.05, 0.1) is 27.6 Å². The van der Waals surface area contributed by atoms with Gasteiger partial charge in [0, 0.05) is 24.2 Å². The van der Waals surface area contributed by atoms with Crippen LogP contribution in [0.1, 0.15) is 47.4 Å². The van der Waals surface area contributed by atoms with Gasteiger partial charge in [0.25, 0.3) is 5.91 Å². The first-order valence-electron chi connectivity index (χ1n) is 11.7. The van der Waals surface area contributed by atoms with Crippen molar-refractivity contribution in [3.8, 4) is 5.69 Å². The minimum absolute atomic E-state index is 0.0534. The van der Waals surface area contributed by atoms with E-state index in [1.165, 1.54) is 22.2 Å². The SMILES string of the molecule is Cc1ccc(-n2nccn2)c(C(=O)N2C3CC(C3)[C@H](C)C2CCc2nc3ccc(F)cc3s2)n1. The lowest BCUT2D eigenvalue weighted by Crippen LogP contribution is -2.63. The van der Waals surface area contributed by atoms with Crippen molar-refractivity contribution < 1.29 is 9.18 Å². The maximum atomic E-state index is 14.0. The van der Waals surface area contributed by atoms with Crippen LogP contribution < -0.4 is 0 Å². The third-order valence-electron chi connectivity index (χ3n) is 7.38. The maximum absolute atomic E-state index is 14.0. The molecule has 7 nitrogen and oxygen atoms in total. The zero-order valence-corrected chi connectivity index (χ0v) is 19.9. The molecule has 4 aromatic rings. The van der Waals surface area contributed by atoms with Crippen LogP contribution in [0.15, 0.2) is 42.7 Å². The Morgan fingerprint density at radius 2 is 1.94 bits per heavy atom. The van der Waals surface area contributed by atoms with Crippen LogP contribution in [0.4, 0.5) is 4.39 Å². The highest BCUT2D eigenvalue weighted by Crippen LogP contribution is 2.48. The number of carbonyl (C=O) groups is 1. The number of benzene rings is 1. The quantitative estimate of drug-likeness (QED) is 0.421. The van der Waals surface area contributed by atoms with Crippen LogP contribution in [0.5, 0.6) is 0 Å². The van der Waals surface area contributed by atoms with Crippen molar-refractivity contribution in [2.45, 2.75) is 51.6 Å². The summed E-state index contributed by atoms with van der Waals surface area (Å²) in [7, 11) is 0. The van der Waals surface area contributed by atoms with Crippen molar-refractivity contribution in [1.82, 2.24) is 29.9 Å². The number of rotatable bonds is 5. The van der Waals surface area contributed by atoms with Crippen LogP contribution >= 0.6 is 11.3 Å². The first-order chi connectivity index (χ1) is 16.5. The molecule has 1 amide bonds. The molecule has 3 aliphatic rings. The van der Waals surface area contributed by atoms with E-state index in [0.717, 1.165) is 46.6 Å². The minimum Gasteiger partial charge on any atom is -0.331 e. The van der Waals surface area contributed by atoms with Crippen molar-refractivity contribution >= 4 is 27.5 Å². The van der Waals surface area contributed by atoms with E-state index in [1.54, 1.807) is 24.5 Å². The summed E-state index contributed by atoms with van der Waals surface area (Å²) < 4.78 is 14.5. The van der Waals surface area contributed by atoms with Gasteiger partial charge in [0.2, 0.25) is 0 Å². The molecular formula is C25H25FN6OS. The molecule has 0 spiro atoms. The molecule has 5 heterocycles. The molecule has 1 saturated carbocycles. The van der Waals surface area contributed by atoms with Crippen LogP contribution in [-0.4, -0.2) is 47.9 Å². The first kappa shape index (κ1) is 21.3. The summed E-state index contributed by atoms with van der Waals surface area (Å²) in [6.07, 6.45) is 6.87. The van der Waals surface area contributed by atoms with Gasteiger partial charge in [0.1, 0.15) is 11.5 Å². The average molecular weight is 477 g/mol. The van der Waals surface area contributed by atoms with E-state index in [1.807, 2.05) is 19.1 Å². The molecule has 174 valence electrons. The average Bonchev–Trinajstić information content (AvgIpc) is 3.46. The number of halogens is 1. The van der Waals surface area contributed by atoms with E-state index >= 15 is 0 Å². The molecule has 9 heteroatoms. The highest BCUT2D eigenvalue weighted by atomic mass is 32.1. The van der Waals surface area contributed by atoms with E-state index in [-0.39, 0.29) is 23.8 Å². The van der Waals surface area contributed by atoms with Gasteiger partial charge in [-0.05, 0) is 68.4 Å². The summed E-state index contributed by atoms with van der Waals surface area (Å²) in [4.78, 5) is 26.9. The van der Waals surface area contributed by atoms with E-state index < -0.39 is 0 Å². The summed E-state index contributed by atoms with van der Waals surface area (Å²) in [5.74, 6) is 0.758. The Labute approximate surface area is 200 Å². The van der Waals surface area contributed by atoms with Crippen LogP contribution in [0.25, 0.3) is 15.9 Å². The second kappa shape index (κ2) is 8.23. The molecule has 2 bridgehead atoms. The van der Waals surface area contributed by atoms with Gasteiger partial charge in [-0.3, -0.25) is 4.79 Å². The van der Waals surface area contributed by atoms with Gasteiger partial charge < -0.3 is 4.90 Å². The molecule has 2 saturated heterocycles. The summed E-state index contributed by atoms with van der Waals surface area (Å²) >= 11 is 1.54. The fourth-order valence-corrected chi connectivity index (χ4v) is 6.51. The number of hydrogen-bond donors (Lipinski definition) is 0. The molecule has 0 N–H and O–H groups in total. The summed E-state index contributed by atoms with van der Waals surface area (Å²) in [6, 6.07) is 8.80. The lowest BCUT2D eigenvalue weighted by atomic mass is 9.64. The highest BCUT2D eigenvalue weighted by molar-refractivity contribution is 7.18. The first-order valence-corrected chi connectivity index (χ1v) is 12.5.